The summed E-state index contributed by atoms with van der Waals surface area (Å²) in [5.74, 6) is -0.121. The molecule has 1 heterocycles. The van der Waals surface area contributed by atoms with Crippen molar-refractivity contribution in [3.8, 4) is 0 Å². The molecule has 1 aliphatic heterocycles. The number of rotatable bonds is 9. The highest BCUT2D eigenvalue weighted by Gasteiger charge is 2.30. The van der Waals surface area contributed by atoms with E-state index in [1.807, 2.05) is 0 Å². The summed E-state index contributed by atoms with van der Waals surface area (Å²) in [5.41, 5.74) is 2.25. The smallest absolute Gasteiger partial charge is 0.310 e. The third kappa shape index (κ3) is 6.47. The van der Waals surface area contributed by atoms with Crippen LogP contribution in [0.5, 0.6) is 0 Å². The Morgan fingerprint density at radius 2 is 2.13 bits per heavy atom. The summed E-state index contributed by atoms with van der Waals surface area (Å²) in [6.07, 6.45) is 7.01. The fourth-order valence-electron chi connectivity index (χ4n) is 2.69. The van der Waals surface area contributed by atoms with Crippen LogP contribution in [0.1, 0.15) is 52.4 Å². The molecule has 0 saturated heterocycles. The second kappa shape index (κ2) is 9.88. The number of quaternary nitrogens is 1. The molecular weight excluding hydrogens is 310 g/mol. The fraction of sp³-hybridized carbons (Fsp3) is 0.706. The van der Waals surface area contributed by atoms with E-state index in [1.165, 1.54) is 0 Å². The van der Waals surface area contributed by atoms with Gasteiger partial charge in [0.2, 0.25) is 6.73 Å². The number of hydrogen-bond acceptors (Lipinski definition) is 5. The van der Waals surface area contributed by atoms with Crippen LogP contribution >= 0.6 is 12.8 Å². The largest absolute Gasteiger partial charge is 0.415 e. The van der Waals surface area contributed by atoms with Gasteiger partial charge < -0.3 is 10.1 Å². The first-order valence-electron chi connectivity index (χ1n) is 8.44. The zero-order valence-corrected chi connectivity index (χ0v) is 15.5. The van der Waals surface area contributed by atoms with E-state index in [-0.39, 0.29) is 5.97 Å². The second-order valence-corrected chi connectivity index (χ2v) is 6.65. The summed E-state index contributed by atoms with van der Waals surface area (Å²) < 4.78 is 10.1. The van der Waals surface area contributed by atoms with Crippen LogP contribution in [-0.2, 0) is 9.53 Å². The van der Waals surface area contributed by atoms with Crippen molar-refractivity contribution in [2.45, 2.75) is 52.4 Å². The molecular formula is C17H30N3O2S+. The minimum Gasteiger partial charge on any atom is -0.415 e. The van der Waals surface area contributed by atoms with Gasteiger partial charge in [-0.2, -0.15) is 0 Å². The van der Waals surface area contributed by atoms with Gasteiger partial charge in [-0.25, -0.2) is 4.40 Å². The summed E-state index contributed by atoms with van der Waals surface area (Å²) in [5, 5.41) is 8.14. The maximum atomic E-state index is 11.7. The number of nitrogens with zero attached hydrogens (tertiary/aromatic N) is 2. The Bertz CT molecular complexity index is 488. The van der Waals surface area contributed by atoms with Crippen molar-refractivity contribution in [3.05, 3.63) is 11.6 Å². The van der Waals surface area contributed by atoms with Crippen molar-refractivity contribution >= 4 is 30.2 Å². The topological polar surface area (TPSA) is 62.5 Å². The number of carbonyl (C=O) groups excluding carboxylic acids is 1. The molecule has 0 saturated carbocycles. The molecule has 1 aliphatic rings. The van der Waals surface area contributed by atoms with Crippen LogP contribution in [0.15, 0.2) is 16.0 Å². The minimum absolute atomic E-state index is 0.121. The van der Waals surface area contributed by atoms with E-state index >= 15 is 0 Å². The van der Waals surface area contributed by atoms with E-state index in [4.69, 9.17) is 10.1 Å². The molecule has 0 fully saturated rings. The van der Waals surface area contributed by atoms with Crippen molar-refractivity contribution < 1.29 is 14.0 Å². The molecule has 1 unspecified atom stereocenters. The summed E-state index contributed by atoms with van der Waals surface area (Å²) in [4.78, 5) is 11.7. The van der Waals surface area contributed by atoms with Gasteiger partial charge in [-0.05, 0) is 25.7 Å². The third-order valence-electron chi connectivity index (χ3n) is 4.07. The molecule has 0 aromatic carbocycles. The molecule has 0 amide bonds. The average Bonchev–Trinajstić information content (AvgIpc) is 2.52. The van der Waals surface area contributed by atoms with E-state index in [0.29, 0.717) is 42.0 Å². The van der Waals surface area contributed by atoms with E-state index in [2.05, 4.69) is 44.2 Å². The van der Waals surface area contributed by atoms with Crippen molar-refractivity contribution in [1.82, 2.24) is 0 Å². The Morgan fingerprint density at radius 3 is 2.74 bits per heavy atom. The summed E-state index contributed by atoms with van der Waals surface area (Å²) >= 11 is 4.05. The van der Waals surface area contributed by atoms with Crippen LogP contribution in [0.3, 0.4) is 0 Å². The zero-order valence-electron chi connectivity index (χ0n) is 14.6. The Labute approximate surface area is 145 Å². The monoisotopic (exact) mass is 340 g/mol. The summed E-state index contributed by atoms with van der Waals surface area (Å²) in [6, 6.07) is 0. The van der Waals surface area contributed by atoms with Gasteiger partial charge in [0, 0.05) is 18.4 Å². The van der Waals surface area contributed by atoms with Crippen molar-refractivity contribution in [3.63, 3.8) is 0 Å². The lowest BCUT2D eigenvalue weighted by molar-refractivity contribution is -0.922. The highest BCUT2D eigenvalue weighted by Crippen LogP contribution is 2.20. The Morgan fingerprint density at radius 1 is 1.39 bits per heavy atom. The van der Waals surface area contributed by atoms with E-state index in [1.54, 1.807) is 0 Å². The van der Waals surface area contributed by atoms with Gasteiger partial charge in [0.1, 0.15) is 12.3 Å². The molecule has 6 heteroatoms. The van der Waals surface area contributed by atoms with Crippen LogP contribution in [0, 0.1) is 5.41 Å². The zero-order chi connectivity index (χ0) is 17.3. The lowest BCUT2D eigenvalue weighted by atomic mass is 9.98. The lowest BCUT2D eigenvalue weighted by Crippen LogP contribution is -2.51. The molecule has 1 atom stereocenters. The van der Waals surface area contributed by atoms with E-state index < -0.39 is 0 Å². The highest BCUT2D eigenvalue weighted by molar-refractivity contribution is 7.79. The SMILES string of the molecule is CCCCC(=O)OC[N+]1(C)CCC=C(/C(=N/S)C(=N)CCC)C1. The fourth-order valence-corrected chi connectivity index (χ4v) is 2.94. The standard InChI is InChI=1S/C17H29N3O2S/c1-4-6-10-16(21)22-13-20(3)11-7-9-14(12-20)17(19-23)15(18)8-5-2/h9H,4-8,10-13H2,1-3H3,(H-,18,23)/p+1. The lowest BCUT2D eigenvalue weighted by Gasteiger charge is -2.37. The number of carbonyl (C=O) groups is 1. The number of likely N-dealkylation sites (N-methyl/N-ethyl adjacent to an activating group) is 1. The van der Waals surface area contributed by atoms with Gasteiger partial charge in [-0.3, -0.25) is 9.28 Å². The molecule has 0 radical (unpaired) electrons. The van der Waals surface area contributed by atoms with Gasteiger partial charge >= 0.3 is 5.97 Å². The predicted molar refractivity (Wildman–Crippen MR) is 98.2 cm³/mol. The molecule has 23 heavy (non-hydrogen) atoms. The molecule has 1 rings (SSSR count). The summed E-state index contributed by atoms with van der Waals surface area (Å²) in [7, 11) is 2.08. The quantitative estimate of drug-likeness (QED) is 0.292. The van der Waals surface area contributed by atoms with Crippen molar-refractivity contribution in [2.24, 2.45) is 4.40 Å². The van der Waals surface area contributed by atoms with Crippen LogP contribution in [0.25, 0.3) is 0 Å². The Kier molecular flexibility index (Phi) is 8.55. The first-order chi connectivity index (χ1) is 11.0. The summed E-state index contributed by atoms with van der Waals surface area (Å²) in [6.45, 7) is 6.13. The Balaban J connectivity index is 2.66. The van der Waals surface area contributed by atoms with Crippen LogP contribution in [0.4, 0.5) is 0 Å². The molecule has 0 spiro atoms. The van der Waals surface area contributed by atoms with Gasteiger partial charge in [-0.15, -0.1) is 0 Å². The third-order valence-corrected chi connectivity index (χ3v) is 4.27. The van der Waals surface area contributed by atoms with Crippen molar-refractivity contribution in [2.75, 3.05) is 26.9 Å². The maximum Gasteiger partial charge on any atom is 0.310 e. The minimum atomic E-state index is -0.121. The molecule has 0 aromatic heterocycles. The molecule has 0 aliphatic carbocycles. The molecule has 0 aromatic rings. The number of esters is 1. The van der Waals surface area contributed by atoms with Crippen molar-refractivity contribution in [1.29, 1.82) is 5.41 Å². The average molecular weight is 341 g/mol. The van der Waals surface area contributed by atoms with Gasteiger partial charge in [0.15, 0.2) is 0 Å². The van der Waals surface area contributed by atoms with Gasteiger partial charge in [-0.1, -0.05) is 32.8 Å². The second-order valence-electron chi connectivity index (χ2n) is 6.45. The number of nitrogens with one attached hydrogen (secondary N) is 1. The molecule has 0 bridgehead atoms. The van der Waals surface area contributed by atoms with Crippen LogP contribution in [-0.4, -0.2) is 48.7 Å². The first-order valence-corrected chi connectivity index (χ1v) is 8.84. The molecule has 130 valence electrons. The number of ether oxygens (including phenoxy) is 1. The number of hydrogen-bond donors (Lipinski definition) is 2. The van der Waals surface area contributed by atoms with Crippen LogP contribution in [0.2, 0.25) is 0 Å². The maximum absolute atomic E-state index is 11.7. The highest BCUT2D eigenvalue weighted by atomic mass is 32.1. The van der Waals surface area contributed by atoms with Gasteiger partial charge in [0.05, 0.1) is 19.3 Å². The first kappa shape index (κ1) is 19.9. The molecule has 1 N–H and O–H groups in total. The van der Waals surface area contributed by atoms with Gasteiger partial charge in [0.25, 0.3) is 0 Å². The van der Waals surface area contributed by atoms with E-state index in [0.717, 1.165) is 37.8 Å². The Hall–Kier alpha value is -1.14. The normalized spacial score (nSPS) is 21.7. The van der Waals surface area contributed by atoms with Crippen LogP contribution < -0.4 is 0 Å². The number of unbranched alkanes of at least 4 members (excludes halogenated alkanes) is 1. The number of thiol groups is 1. The predicted octanol–water partition coefficient (Wildman–Crippen LogP) is 3.56. The van der Waals surface area contributed by atoms with E-state index in [9.17, 15) is 4.79 Å². The molecule has 5 nitrogen and oxygen atoms in total.